The van der Waals surface area contributed by atoms with Crippen molar-refractivity contribution in [2.24, 2.45) is 0 Å². The van der Waals surface area contributed by atoms with Gasteiger partial charge in [-0.2, -0.15) is 0 Å². The number of aromatic nitrogens is 4. The first-order chi connectivity index (χ1) is 18.4. The van der Waals surface area contributed by atoms with Gasteiger partial charge in [-0.25, -0.2) is 19.5 Å². The number of hydrogen-bond acceptors (Lipinski definition) is 15. The van der Waals surface area contributed by atoms with Gasteiger partial charge < -0.3 is 41.1 Å². The number of nitro groups is 2. The number of nitrogens with one attached hydrogen (secondary N) is 2. The molecule has 3 heterocycles. The number of phosphoric ester groups is 1. The molecule has 20 nitrogen and oxygen atoms in total. The van der Waals surface area contributed by atoms with Crippen LogP contribution in [0.4, 0.5) is 28.8 Å². The van der Waals surface area contributed by atoms with Crippen LogP contribution in [0, 0.1) is 20.2 Å². The van der Waals surface area contributed by atoms with Crippen molar-refractivity contribution in [1.29, 1.82) is 0 Å². The Labute approximate surface area is 216 Å². The molecule has 1 saturated heterocycles. The third-order valence-electron chi connectivity index (χ3n) is 5.62. The first kappa shape index (κ1) is 28.0. The zero-order valence-corrected chi connectivity index (χ0v) is 20.5. The van der Waals surface area contributed by atoms with Gasteiger partial charge in [0.1, 0.15) is 30.3 Å². The minimum atomic E-state index is -4.88. The number of fused-ring (bicyclic) bond motifs is 1. The summed E-state index contributed by atoms with van der Waals surface area (Å²) < 4.78 is 22.3. The summed E-state index contributed by atoms with van der Waals surface area (Å²) in [5.74, 6) is 0.0147. The van der Waals surface area contributed by atoms with Gasteiger partial charge in [0.25, 0.3) is 11.4 Å². The van der Waals surface area contributed by atoms with E-state index < -0.39 is 60.2 Å². The van der Waals surface area contributed by atoms with Crippen LogP contribution in [-0.2, 0) is 13.8 Å². The maximum Gasteiger partial charge on any atom is 0.469 e. The molecule has 3 aromatic rings. The SMILES string of the molecule is Nc1ncnc2c1nc(NCCNc1ccc([N+](=O)[O-])cc1[N+](=O)[O-])n2[C@@H]1O[C@H](COP(=O)(O)O)[C@@H](O)[C@H]1O. The Morgan fingerprint density at radius 1 is 1.13 bits per heavy atom. The third kappa shape index (κ3) is 6.01. The standard InChI is InChI=1S/C18H22N9O11P/c19-15-12-16(23-7-22-15)25(17-14(29)13(28)11(38-17)6-37-39(34,35)36)18(24-12)21-4-3-20-9-2-1-8(26(30)31)5-10(9)27(32)33/h1-2,5,7,11,13-14,17,20,28-29H,3-4,6H2,(H,21,24)(H2,19,22,23)(H2,34,35,36)/t11-,13-,14-,17-/m1/s1. The molecular formula is C18H22N9O11P. The minimum absolute atomic E-state index is 0.0177. The molecule has 8 N–H and O–H groups in total. The zero-order valence-electron chi connectivity index (χ0n) is 19.6. The lowest BCUT2D eigenvalue weighted by Gasteiger charge is -2.20. The van der Waals surface area contributed by atoms with Crippen molar-refractivity contribution in [3.05, 3.63) is 44.8 Å². The molecule has 1 aliphatic rings. The molecule has 4 rings (SSSR count). The van der Waals surface area contributed by atoms with Crippen LogP contribution in [0.5, 0.6) is 0 Å². The number of benzene rings is 1. The quantitative estimate of drug-likeness (QED) is 0.0658. The molecule has 21 heteroatoms. The van der Waals surface area contributed by atoms with Crippen molar-refractivity contribution in [3.63, 3.8) is 0 Å². The summed E-state index contributed by atoms with van der Waals surface area (Å²) in [5, 5.41) is 49.0. The van der Waals surface area contributed by atoms with Gasteiger partial charge in [0.2, 0.25) is 5.95 Å². The van der Waals surface area contributed by atoms with E-state index in [1.54, 1.807) is 0 Å². The molecule has 0 saturated carbocycles. The Bertz CT molecular complexity index is 1450. The van der Waals surface area contributed by atoms with Crippen molar-refractivity contribution in [1.82, 2.24) is 19.5 Å². The lowest BCUT2D eigenvalue weighted by atomic mass is 10.1. The predicted molar refractivity (Wildman–Crippen MR) is 130 cm³/mol. The fraction of sp³-hybridized carbons (Fsp3) is 0.389. The highest BCUT2D eigenvalue weighted by molar-refractivity contribution is 7.46. The first-order valence-corrected chi connectivity index (χ1v) is 12.5. The summed E-state index contributed by atoms with van der Waals surface area (Å²) in [4.78, 5) is 50.9. The number of nitrogens with two attached hydrogens (primary N) is 1. The molecule has 4 atom stereocenters. The molecule has 0 spiro atoms. The number of rotatable bonds is 11. The van der Waals surface area contributed by atoms with Crippen molar-refractivity contribution < 1.29 is 43.7 Å². The summed E-state index contributed by atoms with van der Waals surface area (Å²) in [6.07, 6.45) is -4.76. The first-order valence-electron chi connectivity index (χ1n) is 11.0. The molecule has 0 unspecified atom stereocenters. The number of aliphatic hydroxyl groups is 2. The summed E-state index contributed by atoms with van der Waals surface area (Å²) in [6, 6.07) is 3.14. The molecule has 1 aliphatic heterocycles. The monoisotopic (exact) mass is 571 g/mol. The maximum absolute atomic E-state index is 11.3. The Balaban J connectivity index is 1.54. The fourth-order valence-electron chi connectivity index (χ4n) is 3.85. The molecule has 210 valence electrons. The van der Waals surface area contributed by atoms with Crippen LogP contribution in [0.1, 0.15) is 6.23 Å². The van der Waals surface area contributed by atoms with Crippen LogP contribution in [0.15, 0.2) is 24.5 Å². The number of non-ortho nitro benzene ring substituents is 1. The van der Waals surface area contributed by atoms with Gasteiger partial charge in [0.05, 0.1) is 22.5 Å². The van der Waals surface area contributed by atoms with Crippen LogP contribution >= 0.6 is 7.82 Å². The highest BCUT2D eigenvalue weighted by atomic mass is 31.2. The highest BCUT2D eigenvalue weighted by Gasteiger charge is 2.46. The van der Waals surface area contributed by atoms with E-state index in [1.165, 1.54) is 10.6 Å². The van der Waals surface area contributed by atoms with Crippen LogP contribution in [0.2, 0.25) is 0 Å². The smallest absolute Gasteiger partial charge is 0.387 e. The van der Waals surface area contributed by atoms with E-state index in [9.17, 15) is 35.0 Å². The number of nitro benzene ring substituents is 2. The zero-order chi connectivity index (χ0) is 28.5. The lowest BCUT2D eigenvalue weighted by molar-refractivity contribution is -0.393. The molecule has 1 fully saturated rings. The number of phosphoric acid groups is 1. The van der Waals surface area contributed by atoms with Gasteiger partial charge in [0.15, 0.2) is 23.2 Å². The number of imidazole rings is 1. The molecule has 0 amide bonds. The van der Waals surface area contributed by atoms with Gasteiger partial charge in [-0.1, -0.05) is 0 Å². The second kappa shape index (κ2) is 11.0. The largest absolute Gasteiger partial charge is 0.469 e. The van der Waals surface area contributed by atoms with E-state index in [1.807, 2.05) is 0 Å². The molecule has 0 radical (unpaired) electrons. The van der Waals surface area contributed by atoms with E-state index >= 15 is 0 Å². The van der Waals surface area contributed by atoms with Gasteiger partial charge in [-0.15, -0.1) is 0 Å². The van der Waals surface area contributed by atoms with E-state index in [0.29, 0.717) is 0 Å². The van der Waals surface area contributed by atoms with Crippen molar-refractivity contribution in [2.75, 3.05) is 36.1 Å². The van der Waals surface area contributed by atoms with E-state index in [-0.39, 0.29) is 41.7 Å². The number of aliphatic hydroxyl groups excluding tert-OH is 2. The van der Waals surface area contributed by atoms with Crippen LogP contribution < -0.4 is 16.4 Å². The second-order valence-corrected chi connectivity index (χ2v) is 9.38. The number of anilines is 3. The number of ether oxygens (including phenoxy) is 1. The van der Waals surface area contributed by atoms with Crippen LogP contribution in [0.25, 0.3) is 11.2 Å². The predicted octanol–water partition coefficient (Wildman–Crippen LogP) is -0.523. The number of nitrogens with zero attached hydrogens (tertiary/aromatic N) is 6. The maximum atomic E-state index is 11.3. The Hall–Kier alpha value is -4.04. The van der Waals surface area contributed by atoms with E-state index in [2.05, 4.69) is 30.1 Å². The summed E-state index contributed by atoms with van der Waals surface area (Å²) >= 11 is 0. The fourth-order valence-corrected chi connectivity index (χ4v) is 4.19. The highest BCUT2D eigenvalue weighted by Crippen LogP contribution is 2.40. The van der Waals surface area contributed by atoms with Gasteiger partial charge >= 0.3 is 7.82 Å². The normalized spacial score (nSPS) is 21.2. The number of nitrogen functional groups attached to an aromatic ring is 1. The topological polar surface area (TPSA) is 296 Å². The summed E-state index contributed by atoms with van der Waals surface area (Å²) in [7, 11) is -4.88. The Kier molecular flexibility index (Phi) is 7.88. The summed E-state index contributed by atoms with van der Waals surface area (Å²) in [6.45, 7) is -0.622. The molecule has 2 aromatic heterocycles. The molecule has 0 bridgehead atoms. The van der Waals surface area contributed by atoms with Gasteiger partial charge in [0, 0.05) is 19.2 Å². The number of hydrogen-bond donors (Lipinski definition) is 7. The van der Waals surface area contributed by atoms with Gasteiger partial charge in [-0.3, -0.25) is 29.3 Å². The van der Waals surface area contributed by atoms with Gasteiger partial charge in [-0.05, 0) is 6.07 Å². The summed E-state index contributed by atoms with van der Waals surface area (Å²) in [5.41, 5.74) is 5.18. The molecule has 0 aliphatic carbocycles. The Morgan fingerprint density at radius 3 is 2.51 bits per heavy atom. The second-order valence-electron chi connectivity index (χ2n) is 8.14. The van der Waals surface area contributed by atoms with Crippen LogP contribution in [0.3, 0.4) is 0 Å². The minimum Gasteiger partial charge on any atom is -0.387 e. The van der Waals surface area contributed by atoms with Crippen molar-refractivity contribution in [3.8, 4) is 0 Å². The molecular weight excluding hydrogens is 549 g/mol. The van der Waals surface area contributed by atoms with Crippen LogP contribution in [-0.4, -0.2) is 87.4 Å². The van der Waals surface area contributed by atoms with Crippen molar-refractivity contribution in [2.45, 2.75) is 24.5 Å². The van der Waals surface area contributed by atoms with Crippen molar-refractivity contribution >= 4 is 47.8 Å². The third-order valence-corrected chi connectivity index (χ3v) is 6.10. The lowest BCUT2D eigenvalue weighted by Crippen LogP contribution is -2.33. The average molecular weight is 571 g/mol. The average Bonchev–Trinajstić information content (AvgIpc) is 3.37. The molecule has 39 heavy (non-hydrogen) atoms. The molecule has 1 aromatic carbocycles. The van der Waals surface area contributed by atoms with E-state index in [4.69, 9.17) is 20.3 Å². The Morgan fingerprint density at radius 2 is 1.85 bits per heavy atom. The van der Waals surface area contributed by atoms with E-state index in [0.717, 1.165) is 18.5 Å².